The Morgan fingerprint density at radius 3 is 2.02 bits per heavy atom. The monoisotopic (exact) mass is 845 g/mol. The van der Waals surface area contributed by atoms with Crippen molar-refractivity contribution in [1.82, 2.24) is 19.7 Å². The lowest BCUT2D eigenvalue weighted by Crippen LogP contribution is -2.60. The Labute approximate surface area is 373 Å². The number of aromatic hydroxyl groups is 1. The number of phenols is 1. The number of aliphatic imine (C=N–C) groups is 1. The number of aromatic nitrogens is 3. The third-order valence-corrected chi connectivity index (χ3v) is 15.3. The Morgan fingerprint density at radius 2 is 1.34 bits per heavy atom. The molecule has 6 aromatic rings. The second-order valence-electron chi connectivity index (χ2n) is 18.3. The molecule has 4 aromatic carbocycles. The first-order valence-electron chi connectivity index (χ1n) is 23.0. The van der Waals surface area contributed by atoms with Crippen molar-refractivity contribution < 1.29 is 5.11 Å². The number of piperidine rings is 2. The normalized spacial score (nSPS) is 19.4. The van der Waals surface area contributed by atoms with Crippen molar-refractivity contribution in [3.8, 4) is 10.8 Å². The minimum absolute atomic E-state index is 0.0524. The number of hydrogen-bond acceptors (Lipinski definition) is 8. The number of aryl methyl sites for hydroxylation is 4. The average molecular weight is 846 g/mol. The number of para-hydroxylation sites is 1. The molecule has 8 nitrogen and oxygen atoms in total. The molecule has 3 saturated heterocycles. The van der Waals surface area contributed by atoms with Gasteiger partial charge in [0.15, 0.2) is 5.82 Å². The molecule has 9 heteroatoms. The smallest absolute Gasteiger partial charge is 0.162 e. The zero-order valence-corrected chi connectivity index (χ0v) is 38.0. The van der Waals surface area contributed by atoms with Gasteiger partial charge in [-0.3, -0.25) is 9.56 Å². The van der Waals surface area contributed by atoms with Crippen LogP contribution in [0.2, 0.25) is 0 Å². The van der Waals surface area contributed by atoms with Crippen LogP contribution in [0, 0.1) is 32.1 Å². The van der Waals surface area contributed by atoms with Gasteiger partial charge >= 0.3 is 0 Å². The summed E-state index contributed by atoms with van der Waals surface area (Å²) in [6.07, 6.45) is 10.2. The molecule has 1 N–H and O–H groups in total. The van der Waals surface area contributed by atoms with E-state index in [1.165, 1.54) is 140 Å². The predicted octanol–water partition coefficient (Wildman–Crippen LogP) is 10.9. The van der Waals surface area contributed by atoms with E-state index in [-0.39, 0.29) is 6.04 Å². The van der Waals surface area contributed by atoms with Crippen LogP contribution in [0.3, 0.4) is 0 Å². The van der Waals surface area contributed by atoms with Gasteiger partial charge in [0.05, 0.1) is 5.71 Å². The number of hydrogen-bond donors (Lipinski definition) is 1. The zero-order valence-electron chi connectivity index (χ0n) is 37.1. The number of rotatable bonds is 5. The molecule has 1 atom stereocenters. The molecule has 2 aromatic heterocycles. The van der Waals surface area contributed by atoms with Crippen molar-refractivity contribution in [2.75, 3.05) is 55.6 Å². The lowest BCUT2D eigenvalue weighted by molar-refractivity contribution is 0.0648. The molecule has 322 valence electrons. The largest absolute Gasteiger partial charge is 0.508 e. The van der Waals surface area contributed by atoms with E-state index in [0.29, 0.717) is 11.2 Å². The molecular formula is C53H63N7OS. The Kier molecular flexibility index (Phi) is 12.6. The summed E-state index contributed by atoms with van der Waals surface area (Å²) in [7, 11) is 0. The molecule has 0 bridgehead atoms. The molecule has 1 spiro atoms. The SMILES string of the molecule is Cc1sc2c(c1C)C(c1ccc(N3CC4(CCN(CC5CCN(c6ccccc6)CC5)CC4)C3)cc1)=N[C@@H](C)c1nnc(C)n1-2.Oc1ccc2c(c1)CCCC2.c1ccccc1. The van der Waals surface area contributed by atoms with E-state index in [1.54, 1.807) is 6.07 Å². The van der Waals surface area contributed by atoms with Crippen molar-refractivity contribution in [2.24, 2.45) is 16.3 Å². The number of benzene rings is 4. The van der Waals surface area contributed by atoms with Crippen LogP contribution in [0.4, 0.5) is 11.4 Å². The maximum atomic E-state index is 9.19. The van der Waals surface area contributed by atoms with Gasteiger partial charge in [0, 0.05) is 65.5 Å². The van der Waals surface area contributed by atoms with Crippen molar-refractivity contribution >= 4 is 28.4 Å². The van der Waals surface area contributed by atoms with Crippen molar-refractivity contribution in [2.45, 2.75) is 85.1 Å². The maximum Gasteiger partial charge on any atom is 0.162 e. The van der Waals surface area contributed by atoms with E-state index in [1.807, 2.05) is 66.8 Å². The summed E-state index contributed by atoms with van der Waals surface area (Å²) >= 11 is 1.82. The Morgan fingerprint density at radius 1 is 0.710 bits per heavy atom. The van der Waals surface area contributed by atoms with Crippen LogP contribution in [-0.2, 0) is 12.8 Å². The van der Waals surface area contributed by atoms with Gasteiger partial charge in [0.2, 0.25) is 0 Å². The number of anilines is 2. The lowest BCUT2D eigenvalue weighted by atomic mass is 9.71. The fourth-order valence-electron chi connectivity index (χ4n) is 10.3. The Bertz CT molecular complexity index is 2410. The fraction of sp³-hybridized carbons (Fsp3) is 0.415. The maximum absolute atomic E-state index is 9.19. The van der Waals surface area contributed by atoms with Crippen molar-refractivity contribution in [3.05, 3.63) is 154 Å². The highest BCUT2D eigenvalue weighted by Gasteiger charge is 2.45. The van der Waals surface area contributed by atoms with Gasteiger partial charge in [-0.1, -0.05) is 72.8 Å². The first-order chi connectivity index (χ1) is 30.2. The molecule has 0 saturated carbocycles. The second-order valence-corrected chi connectivity index (χ2v) is 19.5. The van der Waals surface area contributed by atoms with Gasteiger partial charge in [0.25, 0.3) is 0 Å². The molecule has 1 aliphatic carbocycles. The van der Waals surface area contributed by atoms with E-state index in [0.717, 1.165) is 29.7 Å². The standard InChI is InChI=1S/C37H45N7S.C10H12O.C6H6/c1-25-27(3)45-36-33(25)34(38-26(2)35-40-39-28(4)44(35)36)30-10-12-32(13-11-30)43-23-37(24-43)16-20-41(21-17-37)22-29-14-18-42(19-15-29)31-8-6-5-7-9-31;11-10-6-5-8-3-1-2-4-9(8)7-10;1-2-4-6-5-3-1/h5-13,26,29H,14-24H2,1-4H3;5-7,11H,1-4H2;1-6H/t26-;;/m0../s1. The van der Waals surface area contributed by atoms with Crippen molar-refractivity contribution in [3.63, 3.8) is 0 Å². The third-order valence-electron chi connectivity index (χ3n) is 14.1. The summed E-state index contributed by atoms with van der Waals surface area (Å²) in [5.74, 6) is 3.10. The average Bonchev–Trinajstić information content (AvgIpc) is 3.79. The van der Waals surface area contributed by atoms with Crippen LogP contribution in [0.15, 0.2) is 114 Å². The summed E-state index contributed by atoms with van der Waals surface area (Å²) in [4.78, 5) is 14.5. The number of fused-ring (bicyclic) bond motifs is 4. The van der Waals surface area contributed by atoms with Crippen LogP contribution >= 0.6 is 11.3 Å². The molecule has 62 heavy (non-hydrogen) atoms. The molecule has 11 rings (SSSR count). The van der Waals surface area contributed by atoms with Gasteiger partial charge in [-0.05, 0) is 151 Å². The van der Waals surface area contributed by atoms with Crippen LogP contribution in [-0.4, -0.2) is 76.3 Å². The third kappa shape index (κ3) is 9.11. The van der Waals surface area contributed by atoms with Gasteiger partial charge in [0.1, 0.15) is 22.6 Å². The van der Waals surface area contributed by atoms with E-state index in [9.17, 15) is 5.11 Å². The van der Waals surface area contributed by atoms with E-state index >= 15 is 0 Å². The van der Waals surface area contributed by atoms with Crippen molar-refractivity contribution in [1.29, 1.82) is 0 Å². The number of likely N-dealkylation sites (tertiary alicyclic amines) is 1. The second kappa shape index (κ2) is 18.6. The first-order valence-corrected chi connectivity index (χ1v) is 23.8. The molecule has 5 aliphatic rings. The molecule has 4 aliphatic heterocycles. The minimum Gasteiger partial charge on any atom is -0.508 e. The minimum atomic E-state index is -0.0524. The van der Waals surface area contributed by atoms with Crippen LogP contribution < -0.4 is 9.80 Å². The number of nitrogens with zero attached hydrogens (tertiary/aromatic N) is 7. The van der Waals surface area contributed by atoms with E-state index in [4.69, 9.17) is 4.99 Å². The number of thiophene rings is 1. The Hall–Kier alpha value is -5.25. The first kappa shape index (κ1) is 42.1. The quantitative estimate of drug-likeness (QED) is 0.186. The summed E-state index contributed by atoms with van der Waals surface area (Å²) in [5, 5.41) is 19.3. The predicted molar refractivity (Wildman–Crippen MR) is 257 cm³/mol. The van der Waals surface area contributed by atoms with Crippen LogP contribution in [0.25, 0.3) is 5.00 Å². The molecule has 0 unspecified atom stereocenters. The summed E-state index contributed by atoms with van der Waals surface area (Å²) in [5.41, 5.74) is 10.8. The van der Waals surface area contributed by atoms with Gasteiger partial charge in [-0.15, -0.1) is 21.5 Å². The molecular weight excluding hydrogens is 783 g/mol. The summed E-state index contributed by atoms with van der Waals surface area (Å²) in [6.45, 7) is 17.2. The highest BCUT2D eigenvalue weighted by atomic mass is 32.1. The molecule has 0 amide bonds. The summed E-state index contributed by atoms with van der Waals surface area (Å²) < 4.78 is 2.22. The molecule has 6 heterocycles. The molecule has 0 radical (unpaired) electrons. The van der Waals surface area contributed by atoms with Gasteiger partial charge < -0.3 is 19.8 Å². The topological polar surface area (TPSA) is 73.0 Å². The molecule has 3 fully saturated rings. The van der Waals surface area contributed by atoms with Crippen LogP contribution in [0.5, 0.6) is 5.75 Å². The van der Waals surface area contributed by atoms with Gasteiger partial charge in [-0.25, -0.2) is 0 Å². The number of phenolic OH excluding ortho intramolecular Hbond substituents is 1. The summed E-state index contributed by atoms with van der Waals surface area (Å²) in [6, 6.07) is 37.8. The highest BCUT2D eigenvalue weighted by Crippen LogP contribution is 2.44. The zero-order chi connectivity index (χ0) is 42.6. The fourth-order valence-corrected chi connectivity index (χ4v) is 11.5. The lowest BCUT2D eigenvalue weighted by Gasteiger charge is -2.55. The highest BCUT2D eigenvalue weighted by molar-refractivity contribution is 7.15. The van der Waals surface area contributed by atoms with Crippen LogP contribution in [0.1, 0.15) is 95.8 Å². The Balaban J connectivity index is 0.000000238. The van der Waals surface area contributed by atoms with E-state index < -0.39 is 0 Å². The van der Waals surface area contributed by atoms with E-state index in [2.05, 4.69) is 105 Å². The van der Waals surface area contributed by atoms with Gasteiger partial charge in [-0.2, -0.15) is 0 Å².